The van der Waals surface area contributed by atoms with E-state index in [0.717, 1.165) is 0 Å². The van der Waals surface area contributed by atoms with Gasteiger partial charge in [-0.2, -0.15) is 0 Å². The summed E-state index contributed by atoms with van der Waals surface area (Å²) in [5.74, 6) is -0.679. The average molecular weight is 321 g/mol. The molecule has 118 valence electrons. The molecule has 24 heavy (non-hydrogen) atoms. The fourth-order valence-electron chi connectivity index (χ4n) is 2.01. The predicted molar refractivity (Wildman–Crippen MR) is 91.5 cm³/mol. The number of rotatable bonds is 4. The molecule has 0 fully saturated rings. The van der Waals surface area contributed by atoms with Gasteiger partial charge in [0.05, 0.1) is 35.2 Å². The van der Waals surface area contributed by atoms with E-state index < -0.39 is 0 Å². The molecule has 3 nitrogen and oxygen atoms in total. The smallest absolute Gasteiger partial charge is 0.125 e. The number of aliphatic imine (C=N–C) groups is 2. The van der Waals surface area contributed by atoms with Crippen LogP contribution in [-0.4, -0.2) is 17.4 Å². The van der Waals surface area contributed by atoms with E-state index in [1.54, 1.807) is 48.8 Å². The number of aromatic nitrogens is 1. The molecule has 0 aliphatic carbocycles. The molecule has 3 rings (SSSR count). The Bertz CT molecular complexity index is 834. The van der Waals surface area contributed by atoms with Gasteiger partial charge in [-0.3, -0.25) is 9.98 Å². The Hall–Kier alpha value is -3.21. The minimum absolute atomic E-state index is 0.339. The van der Waals surface area contributed by atoms with Crippen LogP contribution in [-0.2, 0) is 0 Å². The number of nitrogens with zero attached hydrogens (tertiary/aromatic N) is 3. The lowest BCUT2D eigenvalue weighted by Crippen LogP contribution is -1.93. The molecule has 0 bridgehead atoms. The molecule has 0 N–H and O–H groups in total. The lowest BCUT2D eigenvalue weighted by Gasteiger charge is -1.97. The van der Waals surface area contributed by atoms with Crippen LogP contribution in [0.15, 0.2) is 76.7 Å². The first-order chi connectivity index (χ1) is 11.7. The molecule has 0 saturated carbocycles. The Kier molecular flexibility index (Phi) is 4.81. The summed E-state index contributed by atoms with van der Waals surface area (Å²) in [6, 6.07) is 17.4. The maximum Gasteiger partial charge on any atom is 0.125 e. The molecule has 1 heterocycles. The second-order valence-electron chi connectivity index (χ2n) is 4.96. The summed E-state index contributed by atoms with van der Waals surface area (Å²) in [4.78, 5) is 12.7. The number of halogens is 2. The van der Waals surface area contributed by atoms with Crippen molar-refractivity contribution in [2.75, 3.05) is 0 Å². The molecule has 0 saturated heterocycles. The van der Waals surface area contributed by atoms with Crippen LogP contribution in [0.2, 0.25) is 0 Å². The normalized spacial score (nSPS) is 11.4. The highest BCUT2D eigenvalue weighted by Crippen LogP contribution is 2.14. The molecule has 0 radical (unpaired) electrons. The van der Waals surface area contributed by atoms with Gasteiger partial charge in [0, 0.05) is 0 Å². The fraction of sp³-hybridized carbons (Fsp3) is 0. The largest absolute Gasteiger partial charge is 0.255 e. The first-order valence-electron chi connectivity index (χ1n) is 7.25. The Labute approximate surface area is 138 Å². The Morgan fingerprint density at radius 2 is 1.12 bits per heavy atom. The quantitative estimate of drug-likeness (QED) is 0.632. The van der Waals surface area contributed by atoms with Gasteiger partial charge in [0.25, 0.3) is 0 Å². The van der Waals surface area contributed by atoms with Crippen LogP contribution >= 0.6 is 0 Å². The summed E-state index contributed by atoms with van der Waals surface area (Å²) in [7, 11) is 0. The van der Waals surface area contributed by atoms with Crippen LogP contribution < -0.4 is 0 Å². The zero-order chi connectivity index (χ0) is 16.8. The molecule has 3 aromatic rings. The number of pyridine rings is 1. The standard InChI is InChI=1S/C19H13F2N3/c20-14-4-1-6-16(10-14)22-12-18-8-3-9-19(24-18)13-23-17-7-2-5-15(21)11-17/h1-13H. The predicted octanol–water partition coefficient (Wildman–Crippen LogP) is 4.86. The molecule has 1 aromatic heterocycles. The molecule has 0 unspecified atom stereocenters. The second kappa shape index (κ2) is 7.37. The first kappa shape index (κ1) is 15.7. The van der Waals surface area contributed by atoms with E-state index in [9.17, 15) is 8.78 Å². The summed E-state index contributed by atoms with van der Waals surface area (Å²) in [5.41, 5.74) is 2.25. The molecule has 0 spiro atoms. The van der Waals surface area contributed by atoms with Crippen LogP contribution in [0.25, 0.3) is 0 Å². The minimum Gasteiger partial charge on any atom is -0.255 e. The van der Waals surface area contributed by atoms with Gasteiger partial charge < -0.3 is 0 Å². The van der Waals surface area contributed by atoms with Crippen molar-refractivity contribution in [3.8, 4) is 0 Å². The second-order valence-corrected chi connectivity index (χ2v) is 4.96. The molecule has 0 atom stereocenters. The Morgan fingerprint density at radius 1 is 0.667 bits per heavy atom. The van der Waals surface area contributed by atoms with Crippen molar-refractivity contribution in [2.24, 2.45) is 9.98 Å². The van der Waals surface area contributed by atoms with Crippen LogP contribution in [0, 0.1) is 11.6 Å². The minimum atomic E-state index is -0.339. The highest BCUT2D eigenvalue weighted by Gasteiger charge is 1.96. The molecule has 5 heteroatoms. The van der Waals surface area contributed by atoms with Gasteiger partial charge in [-0.25, -0.2) is 13.8 Å². The summed E-state index contributed by atoms with van der Waals surface area (Å²) in [6.45, 7) is 0. The van der Waals surface area contributed by atoms with E-state index in [1.165, 1.54) is 24.3 Å². The first-order valence-corrected chi connectivity index (χ1v) is 7.25. The van der Waals surface area contributed by atoms with Crippen molar-refractivity contribution in [2.45, 2.75) is 0 Å². The molecular formula is C19H13F2N3. The van der Waals surface area contributed by atoms with Crippen molar-refractivity contribution < 1.29 is 8.78 Å². The van der Waals surface area contributed by atoms with E-state index in [4.69, 9.17) is 0 Å². The van der Waals surface area contributed by atoms with E-state index in [1.807, 2.05) is 6.07 Å². The topological polar surface area (TPSA) is 37.6 Å². The monoisotopic (exact) mass is 321 g/mol. The van der Waals surface area contributed by atoms with Crippen molar-refractivity contribution in [3.05, 3.63) is 89.8 Å². The van der Waals surface area contributed by atoms with Crippen LogP contribution in [0.1, 0.15) is 11.4 Å². The van der Waals surface area contributed by atoms with Gasteiger partial charge in [-0.15, -0.1) is 0 Å². The van der Waals surface area contributed by atoms with Crippen molar-refractivity contribution in [1.82, 2.24) is 4.98 Å². The molecule has 0 amide bonds. The summed E-state index contributed by atoms with van der Waals surface area (Å²) in [5, 5.41) is 0. The van der Waals surface area contributed by atoms with E-state index in [-0.39, 0.29) is 11.6 Å². The molecule has 2 aromatic carbocycles. The van der Waals surface area contributed by atoms with Gasteiger partial charge in [0.1, 0.15) is 11.6 Å². The van der Waals surface area contributed by atoms with Crippen molar-refractivity contribution in [3.63, 3.8) is 0 Å². The highest BCUT2D eigenvalue weighted by molar-refractivity contribution is 5.84. The van der Waals surface area contributed by atoms with Gasteiger partial charge in [-0.05, 0) is 48.5 Å². The van der Waals surface area contributed by atoms with Gasteiger partial charge in [0.15, 0.2) is 0 Å². The Balaban J connectivity index is 1.76. The molecule has 0 aliphatic rings. The van der Waals surface area contributed by atoms with Crippen LogP contribution in [0.4, 0.5) is 20.2 Å². The van der Waals surface area contributed by atoms with E-state index in [0.29, 0.717) is 22.8 Å². The third-order valence-corrected chi connectivity index (χ3v) is 3.10. The summed E-state index contributed by atoms with van der Waals surface area (Å²) in [6.07, 6.45) is 3.10. The van der Waals surface area contributed by atoms with Gasteiger partial charge in [0.2, 0.25) is 0 Å². The van der Waals surface area contributed by atoms with Crippen LogP contribution in [0.3, 0.4) is 0 Å². The van der Waals surface area contributed by atoms with Gasteiger partial charge >= 0.3 is 0 Å². The number of benzene rings is 2. The molecule has 0 aliphatic heterocycles. The van der Waals surface area contributed by atoms with Gasteiger partial charge in [-0.1, -0.05) is 18.2 Å². The van der Waals surface area contributed by atoms with Crippen LogP contribution in [0.5, 0.6) is 0 Å². The van der Waals surface area contributed by atoms with E-state index in [2.05, 4.69) is 15.0 Å². The zero-order valence-electron chi connectivity index (χ0n) is 12.6. The van der Waals surface area contributed by atoms with E-state index >= 15 is 0 Å². The Morgan fingerprint density at radius 3 is 1.58 bits per heavy atom. The third kappa shape index (κ3) is 4.39. The maximum absolute atomic E-state index is 13.1. The number of hydrogen-bond acceptors (Lipinski definition) is 3. The number of hydrogen-bond donors (Lipinski definition) is 0. The fourth-order valence-corrected chi connectivity index (χ4v) is 2.01. The summed E-state index contributed by atoms with van der Waals surface area (Å²) >= 11 is 0. The van der Waals surface area contributed by atoms with Crippen molar-refractivity contribution >= 4 is 23.8 Å². The zero-order valence-corrected chi connectivity index (χ0v) is 12.6. The third-order valence-electron chi connectivity index (χ3n) is 3.10. The molecular weight excluding hydrogens is 308 g/mol. The maximum atomic E-state index is 13.1. The average Bonchev–Trinajstić information content (AvgIpc) is 2.59. The lowest BCUT2D eigenvalue weighted by molar-refractivity contribution is 0.628. The van der Waals surface area contributed by atoms with Crippen molar-refractivity contribution in [1.29, 1.82) is 0 Å². The lowest BCUT2D eigenvalue weighted by atomic mass is 10.3. The highest BCUT2D eigenvalue weighted by atomic mass is 19.1. The SMILES string of the molecule is Fc1cccc(N=Cc2cccc(C=Nc3cccc(F)c3)n2)c1. The summed E-state index contributed by atoms with van der Waals surface area (Å²) < 4.78 is 26.2.